The van der Waals surface area contributed by atoms with Crippen molar-refractivity contribution in [1.29, 1.82) is 0 Å². The molecule has 0 unspecified atom stereocenters. The number of carbonyl (C=O) groups excluding carboxylic acids is 1. The third kappa shape index (κ3) is 3.33. The van der Waals surface area contributed by atoms with Gasteiger partial charge in [0.25, 0.3) is 0 Å². The van der Waals surface area contributed by atoms with Crippen LogP contribution in [0, 0.1) is 20.8 Å². The monoisotopic (exact) mass is 361 g/mol. The molecule has 27 heavy (non-hydrogen) atoms. The van der Waals surface area contributed by atoms with Gasteiger partial charge < -0.3 is 9.84 Å². The summed E-state index contributed by atoms with van der Waals surface area (Å²) in [5, 5.41) is 7.21. The average molecular weight is 361 g/mol. The zero-order valence-electron chi connectivity index (χ0n) is 15.8. The van der Waals surface area contributed by atoms with E-state index in [4.69, 9.17) is 4.52 Å². The summed E-state index contributed by atoms with van der Waals surface area (Å²) in [5.41, 5.74) is 5.63. The van der Waals surface area contributed by atoms with Crippen LogP contribution < -0.4 is 5.32 Å². The van der Waals surface area contributed by atoms with Gasteiger partial charge in [0.15, 0.2) is 5.82 Å². The minimum atomic E-state index is -0.0706. The molecule has 1 aliphatic rings. The maximum absolute atomic E-state index is 12.4. The van der Waals surface area contributed by atoms with Crippen molar-refractivity contribution in [2.24, 2.45) is 0 Å². The summed E-state index contributed by atoms with van der Waals surface area (Å²) >= 11 is 0. The van der Waals surface area contributed by atoms with Crippen molar-refractivity contribution in [1.82, 2.24) is 15.0 Å². The number of nitrogens with one attached hydrogen (secondary N) is 1. The molecule has 1 aliphatic carbocycles. The fourth-order valence-corrected chi connectivity index (χ4v) is 3.86. The number of amides is 1. The second kappa shape index (κ2) is 6.91. The first-order chi connectivity index (χ1) is 13.0. The van der Waals surface area contributed by atoms with Gasteiger partial charge in [0.05, 0.1) is 6.04 Å². The van der Waals surface area contributed by atoms with Gasteiger partial charge in [-0.1, -0.05) is 29.4 Å². The minimum Gasteiger partial charge on any atom is -0.360 e. The molecule has 2 aromatic heterocycles. The van der Waals surface area contributed by atoms with Crippen LogP contribution in [0.3, 0.4) is 0 Å². The molecule has 2 heterocycles. The molecule has 138 valence electrons. The van der Waals surface area contributed by atoms with Crippen LogP contribution in [0.5, 0.6) is 0 Å². The van der Waals surface area contributed by atoms with Gasteiger partial charge >= 0.3 is 0 Å². The lowest BCUT2D eigenvalue weighted by Gasteiger charge is -2.12. The van der Waals surface area contributed by atoms with Gasteiger partial charge in [-0.15, -0.1) is 0 Å². The summed E-state index contributed by atoms with van der Waals surface area (Å²) in [7, 11) is 0. The third-order valence-electron chi connectivity index (χ3n) is 5.18. The Balaban J connectivity index is 1.50. The topological polar surface area (TPSA) is 60.1 Å². The Kier molecular flexibility index (Phi) is 4.44. The van der Waals surface area contributed by atoms with E-state index in [0.717, 1.165) is 41.4 Å². The van der Waals surface area contributed by atoms with Crippen molar-refractivity contribution in [3.05, 3.63) is 76.3 Å². The summed E-state index contributed by atoms with van der Waals surface area (Å²) in [6, 6.07) is 12.4. The summed E-state index contributed by atoms with van der Waals surface area (Å²) in [6.45, 7) is 5.91. The molecule has 5 nitrogen and oxygen atoms in total. The molecule has 5 heteroatoms. The van der Waals surface area contributed by atoms with Crippen LogP contribution in [0.4, 0.5) is 0 Å². The van der Waals surface area contributed by atoms with Crippen molar-refractivity contribution < 1.29 is 9.32 Å². The maximum Gasteiger partial charge on any atom is 0.244 e. The predicted molar refractivity (Wildman–Crippen MR) is 105 cm³/mol. The van der Waals surface area contributed by atoms with Crippen molar-refractivity contribution in [3.8, 4) is 5.82 Å². The van der Waals surface area contributed by atoms with Crippen LogP contribution in [0.2, 0.25) is 0 Å². The largest absolute Gasteiger partial charge is 0.360 e. The summed E-state index contributed by atoms with van der Waals surface area (Å²) in [5.74, 6) is 1.46. The Hall–Kier alpha value is -3.08. The van der Waals surface area contributed by atoms with E-state index in [1.165, 1.54) is 11.1 Å². The van der Waals surface area contributed by atoms with Gasteiger partial charge in [-0.2, -0.15) is 0 Å². The second-order valence-electron chi connectivity index (χ2n) is 7.09. The van der Waals surface area contributed by atoms with Crippen LogP contribution >= 0.6 is 0 Å². The number of aryl methyl sites for hydroxylation is 3. The number of rotatable bonds is 4. The van der Waals surface area contributed by atoms with Crippen LogP contribution in [0.15, 0.2) is 47.0 Å². The van der Waals surface area contributed by atoms with Crippen LogP contribution in [0.25, 0.3) is 11.9 Å². The van der Waals surface area contributed by atoms with E-state index >= 15 is 0 Å². The molecule has 0 saturated carbocycles. The predicted octanol–water partition coefficient (Wildman–Crippen LogP) is 4.21. The quantitative estimate of drug-likeness (QED) is 0.708. The first-order valence-electron chi connectivity index (χ1n) is 9.22. The third-order valence-corrected chi connectivity index (χ3v) is 5.18. The van der Waals surface area contributed by atoms with Gasteiger partial charge in [-0.05, 0) is 62.4 Å². The molecule has 0 saturated heterocycles. The number of hydrogen-bond donors (Lipinski definition) is 1. The highest BCUT2D eigenvalue weighted by atomic mass is 16.5. The molecule has 0 aliphatic heterocycles. The first kappa shape index (κ1) is 17.3. The van der Waals surface area contributed by atoms with E-state index in [0.29, 0.717) is 0 Å². The second-order valence-corrected chi connectivity index (χ2v) is 7.09. The molecule has 0 spiro atoms. The standard InChI is InChI=1S/C22H23N3O2/c1-14-12-18(16(3)25(14)21-13-15(2)27-24-21)9-11-22(26)23-20-10-8-17-6-4-5-7-19(17)20/h4-7,9,11-13,20H,8,10H2,1-3H3,(H,23,26)/b11-9+/t20-/m1/s1. The number of nitrogens with zero attached hydrogens (tertiary/aromatic N) is 2. The lowest BCUT2D eigenvalue weighted by Crippen LogP contribution is -2.25. The molecular formula is C22H23N3O2. The number of aromatic nitrogens is 2. The number of benzene rings is 1. The van der Waals surface area contributed by atoms with Crippen LogP contribution in [0.1, 0.15) is 46.3 Å². The Labute approximate surface area is 158 Å². The Morgan fingerprint density at radius 3 is 2.85 bits per heavy atom. The van der Waals surface area contributed by atoms with Crippen molar-refractivity contribution in [2.75, 3.05) is 0 Å². The summed E-state index contributed by atoms with van der Waals surface area (Å²) in [4.78, 5) is 12.4. The zero-order valence-corrected chi connectivity index (χ0v) is 15.8. The van der Waals surface area contributed by atoms with E-state index in [2.05, 4.69) is 28.7 Å². The van der Waals surface area contributed by atoms with E-state index in [1.807, 2.05) is 49.6 Å². The fourth-order valence-electron chi connectivity index (χ4n) is 3.86. The summed E-state index contributed by atoms with van der Waals surface area (Å²) in [6.07, 6.45) is 5.45. The number of fused-ring (bicyclic) bond motifs is 1. The molecule has 3 aromatic rings. The van der Waals surface area contributed by atoms with Gasteiger partial charge in [0.1, 0.15) is 5.76 Å². The lowest BCUT2D eigenvalue weighted by atomic mass is 10.1. The summed E-state index contributed by atoms with van der Waals surface area (Å²) < 4.78 is 7.22. The maximum atomic E-state index is 12.4. The van der Waals surface area contributed by atoms with Crippen molar-refractivity contribution >= 4 is 12.0 Å². The minimum absolute atomic E-state index is 0.0706. The SMILES string of the molecule is Cc1cc(-n2c(C)cc(/C=C/C(=O)N[C@@H]3CCc4ccccc43)c2C)no1. The molecule has 1 aromatic carbocycles. The van der Waals surface area contributed by atoms with Gasteiger partial charge in [-0.25, -0.2) is 0 Å². The molecule has 0 bridgehead atoms. The molecule has 4 rings (SSSR count). The Morgan fingerprint density at radius 1 is 1.26 bits per heavy atom. The molecule has 1 amide bonds. The lowest BCUT2D eigenvalue weighted by molar-refractivity contribution is -0.117. The first-order valence-corrected chi connectivity index (χ1v) is 9.22. The number of hydrogen-bond acceptors (Lipinski definition) is 3. The fraction of sp³-hybridized carbons (Fsp3) is 0.273. The van der Waals surface area contributed by atoms with Crippen LogP contribution in [-0.4, -0.2) is 15.6 Å². The van der Waals surface area contributed by atoms with E-state index in [-0.39, 0.29) is 11.9 Å². The van der Waals surface area contributed by atoms with Crippen LogP contribution in [-0.2, 0) is 11.2 Å². The molecule has 0 radical (unpaired) electrons. The zero-order chi connectivity index (χ0) is 19.0. The number of carbonyl (C=O) groups is 1. The highest BCUT2D eigenvalue weighted by molar-refractivity contribution is 5.92. The molecule has 1 atom stereocenters. The Morgan fingerprint density at radius 2 is 2.07 bits per heavy atom. The smallest absolute Gasteiger partial charge is 0.244 e. The van der Waals surface area contributed by atoms with E-state index < -0.39 is 0 Å². The highest BCUT2D eigenvalue weighted by Gasteiger charge is 2.22. The molecule has 0 fully saturated rings. The van der Waals surface area contributed by atoms with E-state index in [9.17, 15) is 4.79 Å². The normalized spacial score (nSPS) is 16.0. The van der Waals surface area contributed by atoms with Crippen molar-refractivity contribution in [3.63, 3.8) is 0 Å². The van der Waals surface area contributed by atoms with Crippen molar-refractivity contribution in [2.45, 2.75) is 39.7 Å². The molecule has 1 N–H and O–H groups in total. The highest BCUT2D eigenvalue weighted by Crippen LogP contribution is 2.30. The molecular weight excluding hydrogens is 338 g/mol. The van der Waals surface area contributed by atoms with Gasteiger partial charge in [-0.3, -0.25) is 9.36 Å². The average Bonchev–Trinajstić information content (AvgIpc) is 3.32. The van der Waals surface area contributed by atoms with E-state index in [1.54, 1.807) is 6.08 Å². The van der Waals surface area contributed by atoms with Gasteiger partial charge in [0, 0.05) is 23.5 Å². The van der Waals surface area contributed by atoms with Gasteiger partial charge in [0.2, 0.25) is 5.91 Å². The Bertz CT molecular complexity index is 1030.